The third-order valence-electron chi connectivity index (χ3n) is 5.76. The van der Waals surface area contributed by atoms with Gasteiger partial charge in [0.25, 0.3) is 5.91 Å². The number of aryl methyl sites for hydroxylation is 1. The minimum Gasteiger partial charge on any atom is -0.427 e. The first-order valence-corrected chi connectivity index (χ1v) is 10.3. The molecule has 8 nitrogen and oxygen atoms in total. The molecule has 4 rings (SSSR count). The zero-order valence-electron chi connectivity index (χ0n) is 16.7. The summed E-state index contributed by atoms with van der Waals surface area (Å²) in [6.45, 7) is 5.13. The molecule has 2 fully saturated rings. The molecule has 8 heteroatoms. The highest BCUT2D eigenvalue weighted by atomic mass is 16.4. The van der Waals surface area contributed by atoms with Crippen molar-refractivity contribution in [3.05, 3.63) is 51.8 Å². The van der Waals surface area contributed by atoms with Crippen molar-refractivity contribution < 1.29 is 9.21 Å². The number of amides is 1. The predicted octanol–water partition coefficient (Wildman–Crippen LogP) is 1.60. The van der Waals surface area contributed by atoms with E-state index in [2.05, 4.69) is 25.5 Å². The molecule has 0 aromatic carbocycles. The molecule has 2 aromatic rings. The molecular formula is C21H27N5O3. The number of carbonyl (C=O) groups is 1. The van der Waals surface area contributed by atoms with Crippen LogP contribution in [0.2, 0.25) is 0 Å². The van der Waals surface area contributed by atoms with E-state index in [0.29, 0.717) is 17.3 Å². The lowest BCUT2D eigenvalue weighted by Gasteiger charge is -2.32. The average molecular weight is 397 g/mol. The van der Waals surface area contributed by atoms with E-state index in [-0.39, 0.29) is 23.4 Å². The second kappa shape index (κ2) is 8.73. The fourth-order valence-corrected chi connectivity index (χ4v) is 4.14. The third kappa shape index (κ3) is 4.48. The van der Waals surface area contributed by atoms with Crippen LogP contribution in [0.1, 0.15) is 53.3 Å². The number of rotatable bonds is 4. The van der Waals surface area contributed by atoms with Gasteiger partial charge < -0.3 is 20.0 Å². The summed E-state index contributed by atoms with van der Waals surface area (Å²) in [5.74, 6) is 1.23. The zero-order chi connectivity index (χ0) is 20.2. The summed E-state index contributed by atoms with van der Waals surface area (Å²) in [4.78, 5) is 36.0. The van der Waals surface area contributed by atoms with E-state index in [0.717, 1.165) is 51.9 Å². The van der Waals surface area contributed by atoms with Crippen LogP contribution in [0.25, 0.3) is 0 Å². The highest BCUT2D eigenvalue weighted by molar-refractivity contribution is 5.95. The molecule has 0 radical (unpaired) electrons. The molecule has 2 aliphatic rings. The molecule has 4 heterocycles. The Morgan fingerprint density at radius 2 is 2.00 bits per heavy atom. The third-order valence-corrected chi connectivity index (χ3v) is 5.76. The van der Waals surface area contributed by atoms with Gasteiger partial charge in [0.2, 0.25) is 5.95 Å². The Morgan fingerprint density at radius 3 is 2.66 bits per heavy atom. The van der Waals surface area contributed by atoms with Gasteiger partial charge in [-0.2, -0.15) is 0 Å². The first-order chi connectivity index (χ1) is 14.1. The molecule has 2 aliphatic heterocycles. The molecule has 0 bridgehead atoms. The normalized spacial score (nSPS) is 20.4. The Kier molecular flexibility index (Phi) is 5.89. The maximum absolute atomic E-state index is 12.8. The van der Waals surface area contributed by atoms with E-state index < -0.39 is 5.63 Å². The molecule has 1 unspecified atom stereocenters. The van der Waals surface area contributed by atoms with Crippen molar-refractivity contribution in [2.75, 3.05) is 31.1 Å². The minimum atomic E-state index is -0.543. The first-order valence-electron chi connectivity index (χ1n) is 10.3. The van der Waals surface area contributed by atoms with Crippen molar-refractivity contribution in [3.63, 3.8) is 0 Å². The molecule has 0 saturated carbocycles. The van der Waals surface area contributed by atoms with Crippen molar-refractivity contribution >= 4 is 11.9 Å². The minimum absolute atomic E-state index is 0.0171. The number of nitrogens with one attached hydrogen (secondary N) is 2. The zero-order valence-corrected chi connectivity index (χ0v) is 16.7. The Labute approximate surface area is 169 Å². The fraction of sp³-hybridized carbons (Fsp3) is 0.524. The van der Waals surface area contributed by atoms with Crippen LogP contribution in [0.4, 0.5) is 5.95 Å². The van der Waals surface area contributed by atoms with Gasteiger partial charge in [0.05, 0.1) is 0 Å². The standard InChI is InChI=1S/C21H27N5O3/c1-14-12-17(15-4-2-7-22-13-15)29-20(28)18(14)19(27)25-16-5-10-26(11-6-16)21-23-8-3-9-24-21/h3,8-9,12,15-16,22H,2,4-7,10-11,13H2,1H3,(H,25,27). The number of piperidine rings is 2. The summed E-state index contributed by atoms with van der Waals surface area (Å²) < 4.78 is 5.53. The molecule has 1 amide bonds. The number of hydrogen-bond acceptors (Lipinski definition) is 7. The summed E-state index contributed by atoms with van der Waals surface area (Å²) in [6, 6.07) is 3.66. The van der Waals surface area contributed by atoms with Gasteiger partial charge in [0.15, 0.2) is 0 Å². The topological polar surface area (TPSA) is 100 Å². The van der Waals surface area contributed by atoms with Gasteiger partial charge in [-0.1, -0.05) is 0 Å². The SMILES string of the molecule is Cc1cc(C2CCCNC2)oc(=O)c1C(=O)NC1CCN(c2ncccn2)CC1. The van der Waals surface area contributed by atoms with Crippen LogP contribution in [0.3, 0.4) is 0 Å². The lowest BCUT2D eigenvalue weighted by atomic mass is 9.95. The van der Waals surface area contributed by atoms with Gasteiger partial charge >= 0.3 is 5.63 Å². The van der Waals surface area contributed by atoms with E-state index in [4.69, 9.17) is 4.42 Å². The highest BCUT2D eigenvalue weighted by Crippen LogP contribution is 2.24. The summed E-state index contributed by atoms with van der Waals surface area (Å²) in [6.07, 6.45) is 7.06. The summed E-state index contributed by atoms with van der Waals surface area (Å²) in [7, 11) is 0. The predicted molar refractivity (Wildman–Crippen MR) is 109 cm³/mol. The Balaban J connectivity index is 1.39. The van der Waals surface area contributed by atoms with Gasteiger partial charge in [-0.15, -0.1) is 0 Å². The highest BCUT2D eigenvalue weighted by Gasteiger charge is 2.26. The van der Waals surface area contributed by atoms with Crippen LogP contribution in [-0.4, -0.2) is 48.1 Å². The van der Waals surface area contributed by atoms with Crippen LogP contribution >= 0.6 is 0 Å². The van der Waals surface area contributed by atoms with Crippen molar-refractivity contribution in [1.82, 2.24) is 20.6 Å². The van der Waals surface area contributed by atoms with Crippen molar-refractivity contribution in [1.29, 1.82) is 0 Å². The van der Waals surface area contributed by atoms with E-state index in [9.17, 15) is 9.59 Å². The molecule has 1 atom stereocenters. The largest absolute Gasteiger partial charge is 0.427 e. The van der Waals surface area contributed by atoms with Gasteiger partial charge in [0.1, 0.15) is 11.3 Å². The van der Waals surface area contributed by atoms with Crippen molar-refractivity contribution in [2.24, 2.45) is 0 Å². The van der Waals surface area contributed by atoms with E-state index in [1.807, 2.05) is 6.07 Å². The summed E-state index contributed by atoms with van der Waals surface area (Å²) in [5, 5.41) is 6.33. The number of aromatic nitrogens is 2. The van der Waals surface area contributed by atoms with Gasteiger partial charge in [-0.3, -0.25) is 4.79 Å². The number of nitrogens with zero attached hydrogens (tertiary/aromatic N) is 3. The molecule has 154 valence electrons. The second-order valence-corrected chi connectivity index (χ2v) is 7.82. The molecule has 2 saturated heterocycles. The Bertz CT molecular complexity index is 900. The Morgan fingerprint density at radius 1 is 1.24 bits per heavy atom. The van der Waals surface area contributed by atoms with Crippen LogP contribution in [0.15, 0.2) is 33.7 Å². The van der Waals surface area contributed by atoms with E-state index in [1.165, 1.54) is 0 Å². The quantitative estimate of drug-likeness (QED) is 0.808. The maximum Gasteiger partial charge on any atom is 0.349 e. The molecular weight excluding hydrogens is 370 g/mol. The number of carbonyl (C=O) groups excluding carboxylic acids is 1. The van der Waals surface area contributed by atoms with Gasteiger partial charge in [0, 0.05) is 44.0 Å². The van der Waals surface area contributed by atoms with Crippen molar-refractivity contribution in [2.45, 2.75) is 44.6 Å². The first kappa shape index (κ1) is 19.6. The average Bonchev–Trinajstić information content (AvgIpc) is 2.75. The monoisotopic (exact) mass is 397 g/mol. The van der Waals surface area contributed by atoms with Crippen molar-refractivity contribution in [3.8, 4) is 0 Å². The lowest BCUT2D eigenvalue weighted by Crippen LogP contribution is -2.46. The molecule has 2 aromatic heterocycles. The fourth-order valence-electron chi connectivity index (χ4n) is 4.14. The van der Waals surface area contributed by atoms with Crippen LogP contribution in [0, 0.1) is 6.92 Å². The summed E-state index contributed by atoms with van der Waals surface area (Å²) in [5.41, 5.74) is 0.249. The van der Waals surface area contributed by atoms with E-state index >= 15 is 0 Å². The molecule has 0 spiro atoms. The summed E-state index contributed by atoms with van der Waals surface area (Å²) >= 11 is 0. The van der Waals surface area contributed by atoms with Crippen LogP contribution < -0.4 is 21.2 Å². The maximum atomic E-state index is 12.8. The number of hydrogen-bond donors (Lipinski definition) is 2. The van der Waals surface area contributed by atoms with Crippen LogP contribution in [-0.2, 0) is 0 Å². The van der Waals surface area contributed by atoms with Crippen LogP contribution in [0.5, 0.6) is 0 Å². The molecule has 2 N–H and O–H groups in total. The second-order valence-electron chi connectivity index (χ2n) is 7.82. The van der Waals surface area contributed by atoms with Gasteiger partial charge in [-0.25, -0.2) is 14.8 Å². The van der Waals surface area contributed by atoms with E-state index in [1.54, 1.807) is 25.4 Å². The molecule has 0 aliphatic carbocycles. The van der Waals surface area contributed by atoms with Gasteiger partial charge in [-0.05, 0) is 56.8 Å². The smallest absolute Gasteiger partial charge is 0.349 e. The Hall–Kier alpha value is -2.74. The lowest BCUT2D eigenvalue weighted by molar-refractivity contribution is 0.0925. The molecule has 29 heavy (non-hydrogen) atoms. The number of anilines is 1.